The summed E-state index contributed by atoms with van der Waals surface area (Å²) in [5, 5.41) is 0.454. The van der Waals surface area contributed by atoms with Gasteiger partial charge in [0, 0.05) is 18.4 Å². The Morgan fingerprint density at radius 1 is 1.56 bits per heavy atom. The van der Waals surface area contributed by atoms with Crippen LogP contribution in [0.3, 0.4) is 0 Å². The summed E-state index contributed by atoms with van der Waals surface area (Å²) < 4.78 is 5.41. The Kier molecular flexibility index (Phi) is 3.59. The molecular formula is C13H17ClN2O2. The van der Waals surface area contributed by atoms with Gasteiger partial charge in [-0.15, -0.1) is 0 Å². The summed E-state index contributed by atoms with van der Waals surface area (Å²) in [6, 6.07) is 1.71. The zero-order valence-electron chi connectivity index (χ0n) is 10.9. The summed E-state index contributed by atoms with van der Waals surface area (Å²) in [4.78, 5) is 18.4. The third-order valence-corrected chi connectivity index (χ3v) is 3.42. The second-order valence-corrected chi connectivity index (χ2v) is 5.53. The fourth-order valence-electron chi connectivity index (χ4n) is 2.06. The van der Waals surface area contributed by atoms with Crippen molar-refractivity contribution >= 4 is 17.5 Å². The Balaban J connectivity index is 2.30. The number of pyridine rings is 1. The van der Waals surface area contributed by atoms with Gasteiger partial charge < -0.3 is 9.64 Å². The molecule has 1 fully saturated rings. The molecule has 0 atom stereocenters. The van der Waals surface area contributed by atoms with Gasteiger partial charge in [0.2, 0.25) is 0 Å². The first kappa shape index (κ1) is 13.3. The van der Waals surface area contributed by atoms with E-state index in [1.165, 1.54) is 0 Å². The van der Waals surface area contributed by atoms with Gasteiger partial charge >= 0.3 is 0 Å². The number of aryl methyl sites for hydroxylation is 1. The summed E-state index contributed by atoms with van der Waals surface area (Å²) in [6.45, 7) is 7.50. The van der Waals surface area contributed by atoms with Gasteiger partial charge in [0.1, 0.15) is 0 Å². The highest BCUT2D eigenvalue weighted by molar-refractivity contribution is 6.33. The molecule has 18 heavy (non-hydrogen) atoms. The Morgan fingerprint density at radius 2 is 2.28 bits per heavy atom. The molecule has 2 rings (SSSR count). The van der Waals surface area contributed by atoms with Crippen molar-refractivity contribution in [2.75, 3.05) is 19.8 Å². The summed E-state index contributed by atoms with van der Waals surface area (Å²) in [7, 11) is 0. The Bertz CT molecular complexity index is 474. The van der Waals surface area contributed by atoms with Crippen LogP contribution in [0.5, 0.6) is 0 Å². The monoisotopic (exact) mass is 268 g/mol. The van der Waals surface area contributed by atoms with Crippen molar-refractivity contribution in [1.29, 1.82) is 0 Å². The van der Waals surface area contributed by atoms with E-state index in [0.29, 0.717) is 30.3 Å². The Labute approximate surface area is 112 Å². The smallest absolute Gasteiger partial charge is 0.257 e. The van der Waals surface area contributed by atoms with E-state index in [-0.39, 0.29) is 11.4 Å². The molecule has 0 radical (unpaired) electrons. The SMILES string of the molecule is Cc1cc(Cl)c(C(=O)N2CCOCC2(C)C)cn1. The standard InChI is InChI=1S/C13H17ClN2O2/c1-9-6-11(14)10(7-15-9)12(17)16-4-5-18-8-13(16,2)3/h6-7H,4-5,8H2,1-3H3. The number of hydrogen-bond acceptors (Lipinski definition) is 3. The molecule has 1 aliphatic heterocycles. The van der Waals surface area contributed by atoms with Gasteiger partial charge in [-0.2, -0.15) is 0 Å². The lowest BCUT2D eigenvalue weighted by Gasteiger charge is -2.42. The first-order chi connectivity index (χ1) is 8.42. The van der Waals surface area contributed by atoms with E-state index in [2.05, 4.69) is 4.98 Å². The number of halogens is 1. The van der Waals surface area contributed by atoms with Gasteiger partial charge in [0.15, 0.2) is 0 Å². The predicted molar refractivity (Wildman–Crippen MR) is 69.9 cm³/mol. The zero-order valence-corrected chi connectivity index (χ0v) is 11.6. The molecule has 1 saturated heterocycles. The minimum Gasteiger partial charge on any atom is -0.377 e. The fraction of sp³-hybridized carbons (Fsp3) is 0.538. The van der Waals surface area contributed by atoms with E-state index in [0.717, 1.165) is 5.69 Å². The van der Waals surface area contributed by atoms with Crippen LogP contribution < -0.4 is 0 Å². The Morgan fingerprint density at radius 3 is 2.89 bits per heavy atom. The second kappa shape index (κ2) is 4.86. The molecular weight excluding hydrogens is 252 g/mol. The predicted octanol–water partition coefficient (Wildman–Crippen LogP) is 2.29. The van der Waals surface area contributed by atoms with Gasteiger partial charge in [-0.3, -0.25) is 9.78 Å². The quantitative estimate of drug-likeness (QED) is 0.785. The van der Waals surface area contributed by atoms with Gasteiger partial charge in [0.25, 0.3) is 5.91 Å². The van der Waals surface area contributed by atoms with Crippen molar-refractivity contribution in [2.45, 2.75) is 26.3 Å². The van der Waals surface area contributed by atoms with Crippen LogP contribution in [-0.2, 0) is 4.74 Å². The summed E-state index contributed by atoms with van der Waals surface area (Å²) >= 11 is 6.12. The molecule has 0 aliphatic carbocycles. The number of ether oxygens (including phenoxy) is 1. The average molecular weight is 269 g/mol. The summed E-state index contributed by atoms with van der Waals surface area (Å²) in [5.41, 5.74) is 0.943. The molecule has 0 unspecified atom stereocenters. The molecule has 1 aliphatic rings. The van der Waals surface area contributed by atoms with Crippen LogP contribution in [0.2, 0.25) is 5.02 Å². The molecule has 1 aromatic heterocycles. The number of rotatable bonds is 1. The van der Waals surface area contributed by atoms with E-state index < -0.39 is 0 Å². The van der Waals surface area contributed by atoms with E-state index in [4.69, 9.17) is 16.3 Å². The number of aromatic nitrogens is 1. The lowest BCUT2D eigenvalue weighted by atomic mass is 10.0. The molecule has 0 N–H and O–H groups in total. The maximum absolute atomic E-state index is 12.5. The molecule has 5 heteroatoms. The minimum atomic E-state index is -0.316. The van der Waals surface area contributed by atoms with E-state index in [1.54, 1.807) is 17.2 Å². The molecule has 4 nitrogen and oxygen atoms in total. The molecule has 98 valence electrons. The van der Waals surface area contributed by atoms with Crippen molar-refractivity contribution in [1.82, 2.24) is 9.88 Å². The van der Waals surface area contributed by atoms with Crippen molar-refractivity contribution in [3.8, 4) is 0 Å². The molecule has 0 bridgehead atoms. The lowest BCUT2D eigenvalue weighted by molar-refractivity contribution is -0.0370. The van der Waals surface area contributed by atoms with E-state index in [9.17, 15) is 4.79 Å². The highest BCUT2D eigenvalue weighted by Gasteiger charge is 2.35. The molecule has 0 saturated carbocycles. The number of hydrogen-bond donors (Lipinski definition) is 0. The normalized spacial score (nSPS) is 18.8. The fourth-order valence-corrected chi connectivity index (χ4v) is 2.35. The summed E-state index contributed by atoms with van der Waals surface area (Å²) in [5.74, 6) is -0.0826. The number of carbonyl (C=O) groups is 1. The van der Waals surface area contributed by atoms with Crippen LogP contribution in [0, 0.1) is 6.92 Å². The third-order valence-electron chi connectivity index (χ3n) is 3.11. The largest absolute Gasteiger partial charge is 0.377 e. The maximum atomic E-state index is 12.5. The van der Waals surface area contributed by atoms with Crippen molar-refractivity contribution in [3.63, 3.8) is 0 Å². The van der Waals surface area contributed by atoms with Crippen molar-refractivity contribution in [3.05, 3.63) is 28.5 Å². The van der Waals surface area contributed by atoms with Gasteiger partial charge in [-0.25, -0.2) is 0 Å². The summed E-state index contributed by atoms with van der Waals surface area (Å²) in [6.07, 6.45) is 1.55. The Hall–Kier alpha value is -1.13. The number of nitrogens with zero attached hydrogens (tertiary/aromatic N) is 2. The molecule has 1 amide bonds. The van der Waals surface area contributed by atoms with Gasteiger partial charge in [-0.05, 0) is 26.8 Å². The van der Waals surface area contributed by atoms with Crippen LogP contribution in [-0.4, -0.2) is 41.1 Å². The molecule has 2 heterocycles. The van der Waals surface area contributed by atoms with Crippen LogP contribution in [0.1, 0.15) is 29.9 Å². The van der Waals surface area contributed by atoms with Crippen LogP contribution in [0.4, 0.5) is 0 Å². The maximum Gasteiger partial charge on any atom is 0.257 e. The minimum absolute atomic E-state index is 0.0826. The lowest BCUT2D eigenvalue weighted by Crippen LogP contribution is -2.55. The number of amides is 1. The second-order valence-electron chi connectivity index (χ2n) is 5.13. The molecule has 1 aromatic rings. The average Bonchev–Trinajstić information content (AvgIpc) is 2.27. The van der Waals surface area contributed by atoms with Crippen LogP contribution >= 0.6 is 11.6 Å². The molecule has 0 spiro atoms. The van der Waals surface area contributed by atoms with E-state index in [1.807, 2.05) is 20.8 Å². The van der Waals surface area contributed by atoms with Crippen molar-refractivity contribution < 1.29 is 9.53 Å². The van der Waals surface area contributed by atoms with Crippen LogP contribution in [0.25, 0.3) is 0 Å². The van der Waals surface area contributed by atoms with E-state index >= 15 is 0 Å². The van der Waals surface area contributed by atoms with Crippen LogP contribution in [0.15, 0.2) is 12.3 Å². The highest BCUT2D eigenvalue weighted by atomic mass is 35.5. The van der Waals surface area contributed by atoms with Gasteiger partial charge in [-0.1, -0.05) is 11.6 Å². The first-order valence-electron chi connectivity index (χ1n) is 5.94. The van der Waals surface area contributed by atoms with Gasteiger partial charge in [0.05, 0.1) is 29.3 Å². The number of carbonyl (C=O) groups excluding carboxylic acids is 1. The first-order valence-corrected chi connectivity index (χ1v) is 6.31. The zero-order chi connectivity index (χ0) is 13.3. The topological polar surface area (TPSA) is 42.4 Å². The third kappa shape index (κ3) is 2.49. The number of morpholine rings is 1. The molecule has 0 aromatic carbocycles. The van der Waals surface area contributed by atoms with Crippen molar-refractivity contribution in [2.24, 2.45) is 0 Å². The highest BCUT2D eigenvalue weighted by Crippen LogP contribution is 2.24.